The average molecular weight is 801 g/mol. The Bertz CT molecular complexity index is 1530. The monoisotopic (exact) mass is 800 g/mol. The molecule has 9 heteroatoms. The van der Waals surface area contributed by atoms with E-state index in [2.05, 4.69) is 6.92 Å². The lowest BCUT2D eigenvalue weighted by molar-refractivity contribution is -0.298. The molecule has 318 valence electrons. The zero-order valence-electron chi connectivity index (χ0n) is 34.8. The van der Waals surface area contributed by atoms with Gasteiger partial charge in [0.05, 0.1) is 23.3 Å². The zero-order valence-corrected chi connectivity index (χ0v) is 34.8. The van der Waals surface area contributed by atoms with Crippen molar-refractivity contribution < 1.29 is 43.2 Å². The van der Waals surface area contributed by atoms with Crippen LogP contribution in [0.25, 0.3) is 0 Å². The molecule has 0 spiro atoms. The molecule has 1 aliphatic heterocycles. The highest BCUT2D eigenvalue weighted by Crippen LogP contribution is 2.31. The molecule has 3 aromatic rings. The molecule has 58 heavy (non-hydrogen) atoms. The van der Waals surface area contributed by atoms with Crippen LogP contribution >= 0.6 is 0 Å². The lowest BCUT2D eigenvalue weighted by Crippen LogP contribution is -2.63. The number of aliphatic hydroxyl groups excluding tert-OH is 1. The molecule has 5 atom stereocenters. The van der Waals surface area contributed by atoms with Gasteiger partial charge in [0.1, 0.15) is 6.10 Å². The first-order chi connectivity index (χ1) is 28.5. The van der Waals surface area contributed by atoms with E-state index in [1.165, 1.54) is 103 Å². The summed E-state index contributed by atoms with van der Waals surface area (Å²) in [6.45, 7) is 1.98. The van der Waals surface area contributed by atoms with Gasteiger partial charge in [-0.15, -0.1) is 0 Å². The van der Waals surface area contributed by atoms with Gasteiger partial charge in [0.2, 0.25) is 0 Å². The molecule has 0 aliphatic carbocycles. The van der Waals surface area contributed by atoms with Crippen molar-refractivity contribution in [3.63, 3.8) is 0 Å². The minimum absolute atomic E-state index is 0.248. The van der Waals surface area contributed by atoms with Gasteiger partial charge in [0.25, 0.3) is 0 Å². The van der Waals surface area contributed by atoms with Crippen molar-refractivity contribution in [3.05, 3.63) is 108 Å². The number of hydrogen-bond acceptors (Lipinski definition) is 9. The molecule has 0 radical (unpaired) electrons. The molecule has 1 saturated heterocycles. The number of rotatable bonds is 29. The lowest BCUT2D eigenvalue weighted by Gasteiger charge is -2.44. The number of unbranched alkanes of at least 4 members (excludes halogenated alkanes) is 19. The van der Waals surface area contributed by atoms with Crippen LogP contribution in [0.15, 0.2) is 91.0 Å². The Balaban J connectivity index is 1.26. The van der Waals surface area contributed by atoms with Crippen molar-refractivity contribution in [1.82, 2.24) is 0 Å². The maximum absolute atomic E-state index is 13.5. The summed E-state index contributed by atoms with van der Waals surface area (Å²) in [5.41, 5.74) is 0.770. The van der Waals surface area contributed by atoms with E-state index in [1.54, 1.807) is 91.0 Å². The second-order valence-corrected chi connectivity index (χ2v) is 15.5. The average Bonchev–Trinajstić information content (AvgIpc) is 3.26. The molecule has 0 saturated carbocycles. The molecular weight excluding hydrogens is 733 g/mol. The van der Waals surface area contributed by atoms with Gasteiger partial charge in [0, 0.05) is 6.61 Å². The Morgan fingerprint density at radius 3 is 1.16 bits per heavy atom. The largest absolute Gasteiger partial charge is 0.452 e. The van der Waals surface area contributed by atoms with Crippen LogP contribution in [0, 0.1) is 0 Å². The number of carbonyl (C=O) groups excluding carboxylic acids is 3. The minimum atomic E-state index is -1.38. The topological polar surface area (TPSA) is 118 Å². The molecule has 0 bridgehead atoms. The van der Waals surface area contributed by atoms with E-state index in [-0.39, 0.29) is 23.3 Å². The van der Waals surface area contributed by atoms with E-state index in [4.69, 9.17) is 23.7 Å². The second-order valence-electron chi connectivity index (χ2n) is 15.5. The van der Waals surface area contributed by atoms with Gasteiger partial charge < -0.3 is 28.8 Å². The summed E-state index contributed by atoms with van der Waals surface area (Å²) < 4.78 is 30.3. The summed E-state index contributed by atoms with van der Waals surface area (Å²) in [6.07, 6.45) is 19.3. The first-order valence-electron chi connectivity index (χ1n) is 22.2. The number of hydrogen-bond donors (Lipinski definition) is 1. The smallest absolute Gasteiger partial charge is 0.338 e. The maximum atomic E-state index is 13.5. The van der Waals surface area contributed by atoms with Crippen LogP contribution < -0.4 is 0 Å². The van der Waals surface area contributed by atoms with E-state index in [0.29, 0.717) is 0 Å². The van der Waals surface area contributed by atoms with Gasteiger partial charge in [0.15, 0.2) is 24.6 Å². The standard InChI is InChI=1S/C49H68O9/c1-2-3-4-5-6-7-8-9-10-11-12-13-14-15-16-17-18-19-20-30-37-54-49-45(58-48(53)41-35-28-23-29-36-41)44(57-47(52)40-33-26-22-27-34-40)43(42(38-50)55-49)56-46(51)39-31-24-21-25-32-39/h21-29,31-36,42-45,49-50H,2-20,30,37-38H2,1H3/t42-,43-,44+,45-,49-/m1/s1. The predicted molar refractivity (Wildman–Crippen MR) is 227 cm³/mol. The molecule has 4 rings (SSSR count). The Hall–Kier alpha value is -4.05. The number of ether oxygens (including phenoxy) is 5. The normalized spacial score (nSPS) is 19.0. The Morgan fingerprint density at radius 2 is 0.793 bits per heavy atom. The van der Waals surface area contributed by atoms with Gasteiger partial charge in [-0.05, 0) is 42.8 Å². The number of benzene rings is 3. The van der Waals surface area contributed by atoms with E-state index < -0.39 is 55.2 Å². The summed E-state index contributed by atoms with van der Waals surface area (Å²) in [5, 5.41) is 10.5. The Labute approximate surface area is 347 Å². The molecule has 0 aromatic heterocycles. The van der Waals surface area contributed by atoms with Crippen molar-refractivity contribution in [2.24, 2.45) is 0 Å². The highest BCUT2D eigenvalue weighted by atomic mass is 16.7. The number of carbonyl (C=O) groups is 3. The highest BCUT2D eigenvalue weighted by Gasteiger charge is 2.53. The maximum Gasteiger partial charge on any atom is 0.338 e. The van der Waals surface area contributed by atoms with Gasteiger partial charge in [-0.1, -0.05) is 184 Å². The van der Waals surface area contributed by atoms with Gasteiger partial charge in [-0.25, -0.2) is 14.4 Å². The van der Waals surface area contributed by atoms with Crippen LogP contribution in [-0.4, -0.2) is 66.9 Å². The number of aliphatic hydroxyl groups is 1. The second kappa shape index (κ2) is 28.4. The van der Waals surface area contributed by atoms with Crippen LogP contribution in [0.2, 0.25) is 0 Å². The molecule has 1 N–H and O–H groups in total. The molecule has 0 amide bonds. The van der Waals surface area contributed by atoms with Crippen LogP contribution in [0.1, 0.15) is 166 Å². The molecule has 3 aromatic carbocycles. The summed E-state index contributed by atoms with van der Waals surface area (Å²) in [6, 6.07) is 25.1. The van der Waals surface area contributed by atoms with Crippen LogP contribution in [0.3, 0.4) is 0 Å². The first-order valence-corrected chi connectivity index (χ1v) is 22.2. The van der Waals surface area contributed by atoms with Crippen LogP contribution in [0.5, 0.6) is 0 Å². The SMILES string of the molecule is CCCCCCCCCCCCCCCCCCCCCCO[C@@H]1O[C@H](CO)[C@@H](OC(=O)c2ccccc2)[C@H](OC(=O)c2ccccc2)[C@H]1OC(=O)c1ccccc1. The van der Waals surface area contributed by atoms with Gasteiger partial charge in [-0.3, -0.25) is 0 Å². The molecule has 0 unspecified atom stereocenters. The summed E-state index contributed by atoms with van der Waals surface area (Å²) >= 11 is 0. The fourth-order valence-corrected chi connectivity index (χ4v) is 7.42. The third-order valence-electron chi connectivity index (χ3n) is 10.8. The van der Waals surface area contributed by atoms with Gasteiger partial charge in [-0.2, -0.15) is 0 Å². The van der Waals surface area contributed by atoms with E-state index in [0.717, 1.165) is 25.7 Å². The van der Waals surface area contributed by atoms with E-state index in [1.807, 2.05) is 0 Å². The van der Waals surface area contributed by atoms with E-state index in [9.17, 15) is 19.5 Å². The molecule has 9 nitrogen and oxygen atoms in total. The van der Waals surface area contributed by atoms with Gasteiger partial charge >= 0.3 is 17.9 Å². The Kier molecular flexibility index (Phi) is 22.8. The van der Waals surface area contributed by atoms with Crippen molar-refractivity contribution in [2.45, 2.75) is 166 Å². The summed E-state index contributed by atoms with van der Waals surface area (Å²) in [7, 11) is 0. The quantitative estimate of drug-likeness (QED) is 0.0416. The van der Waals surface area contributed by atoms with Crippen molar-refractivity contribution in [3.8, 4) is 0 Å². The minimum Gasteiger partial charge on any atom is -0.452 e. The van der Waals surface area contributed by atoms with E-state index >= 15 is 0 Å². The highest BCUT2D eigenvalue weighted by molar-refractivity contribution is 5.91. The molecule has 1 heterocycles. The van der Waals surface area contributed by atoms with Crippen molar-refractivity contribution >= 4 is 17.9 Å². The molecule has 1 fully saturated rings. The molecular formula is C49H68O9. The summed E-state index contributed by atoms with van der Waals surface area (Å²) in [4.78, 5) is 40.4. The van der Waals surface area contributed by atoms with Crippen LogP contribution in [-0.2, 0) is 23.7 Å². The number of esters is 3. The van der Waals surface area contributed by atoms with Crippen molar-refractivity contribution in [2.75, 3.05) is 13.2 Å². The third-order valence-corrected chi connectivity index (χ3v) is 10.8. The zero-order chi connectivity index (χ0) is 41.0. The van der Waals surface area contributed by atoms with Crippen LogP contribution in [0.4, 0.5) is 0 Å². The summed E-state index contributed by atoms with van der Waals surface area (Å²) in [5.74, 6) is -2.14. The molecule has 1 aliphatic rings. The Morgan fingerprint density at radius 1 is 0.466 bits per heavy atom. The fourth-order valence-electron chi connectivity index (χ4n) is 7.42. The van der Waals surface area contributed by atoms with Crippen molar-refractivity contribution in [1.29, 1.82) is 0 Å². The lowest BCUT2D eigenvalue weighted by atomic mass is 9.97. The fraction of sp³-hybridized carbons (Fsp3) is 0.571. The first kappa shape index (κ1) is 46.6. The predicted octanol–water partition coefficient (Wildman–Crippen LogP) is 11.2. The third kappa shape index (κ3) is 17.0.